The van der Waals surface area contributed by atoms with Gasteiger partial charge in [-0.3, -0.25) is 4.79 Å². The number of hydrogen-bond acceptors (Lipinski definition) is 4. The van der Waals surface area contributed by atoms with Gasteiger partial charge >= 0.3 is 0 Å². The van der Waals surface area contributed by atoms with Crippen molar-refractivity contribution in [2.24, 2.45) is 5.41 Å². The Kier molecular flexibility index (Phi) is 7.74. The molecule has 0 aromatic heterocycles. The molecule has 2 N–H and O–H groups in total. The summed E-state index contributed by atoms with van der Waals surface area (Å²) in [6, 6.07) is 16.0. The van der Waals surface area contributed by atoms with Gasteiger partial charge in [-0.2, -0.15) is 0 Å². The summed E-state index contributed by atoms with van der Waals surface area (Å²) < 4.78 is 6.07. The number of rotatable bonds is 7. The van der Waals surface area contributed by atoms with Crippen LogP contribution >= 0.6 is 0 Å². The van der Waals surface area contributed by atoms with E-state index in [0.717, 1.165) is 43.0 Å². The molecule has 1 saturated heterocycles. The maximum atomic E-state index is 11.5. The Labute approximate surface area is 186 Å². The van der Waals surface area contributed by atoms with Crippen LogP contribution in [0, 0.1) is 5.41 Å². The summed E-state index contributed by atoms with van der Waals surface area (Å²) in [5.74, 6) is 2.01. The summed E-state index contributed by atoms with van der Waals surface area (Å²) >= 11 is 0. The highest BCUT2D eigenvalue weighted by atomic mass is 16.5. The van der Waals surface area contributed by atoms with Crippen LogP contribution in [-0.2, 0) is 11.3 Å². The summed E-state index contributed by atoms with van der Waals surface area (Å²) in [5.41, 5.74) is 2.29. The average Bonchev–Trinajstić information content (AvgIpc) is 2.73. The van der Waals surface area contributed by atoms with Gasteiger partial charge in [0.25, 0.3) is 0 Å². The molecular weight excluding hydrogens is 388 g/mol. The van der Waals surface area contributed by atoms with Gasteiger partial charge < -0.3 is 20.1 Å². The predicted octanol–water partition coefficient (Wildman–Crippen LogP) is 4.70. The summed E-state index contributed by atoms with van der Waals surface area (Å²) in [6.45, 7) is 10.9. The molecule has 1 atom stereocenters. The molecule has 168 valence electrons. The van der Waals surface area contributed by atoms with E-state index in [1.54, 1.807) is 6.92 Å². The van der Waals surface area contributed by atoms with Crippen molar-refractivity contribution >= 4 is 5.91 Å². The molecule has 31 heavy (non-hydrogen) atoms. The number of nitrogens with zero attached hydrogens (tertiary/aromatic N) is 1. The Morgan fingerprint density at radius 2 is 1.81 bits per heavy atom. The van der Waals surface area contributed by atoms with Crippen molar-refractivity contribution in [3.05, 3.63) is 59.7 Å². The van der Waals surface area contributed by atoms with E-state index in [1.165, 1.54) is 5.56 Å². The smallest absolute Gasteiger partial charge is 0.217 e. The monoisotopic (exact) mass is 424 g/mol. The third kappa shape index (κ3) is 6.81. The first kappa shape index (κ1) is 23.3. The first-order chi connectivity index (χ1) is 14.7. The van der Waals surface area contributed by atoms with Crippen molar-refractivity contribution < 1.29 is 14.6 Å². The minimum Gasteiger partial charge on any atom is -0.457 e. The van der Waals surface area contributed by atoms with Gasteiger partial charge in [-0.05, 0) is 72.7 Å². The molecular formula is C26H36N2O3. The number of β-amino-alcohol motifs (C(OH)–C–C–N with tert-alkyl or cyclic N) is 1. The molecule has 5 heteroatoms. The molecule has 3 rings (SSSR count). The van der Waals surface area contributed by atoms with Crippen molar-refractivity contribution in [2.75, 3.05) is 19.6 Å². The molecule has 0 aliphatic carbocycles. The number of nitrogens with one attached hydrogen (secondary N) is 1. The van der Waals surface area contributed by atoms with Gasteiger partial charge in [-0.25, -0.2) is 0 Å². The van der Waals surface area contributed by atoms with Crippen LogP contribution in [0.15, 0.2) is 48.5 Å². The summed E-state index contributed by atoms with van der Waals surface area (Å²) in [5, 5.41) is 13.4. The first-order valence-electron chi connectivity index (χ1n) is 11.2. The van der Waals surface area contributed by atoms with E-state index in [-0.39, 0.29) is 17.4 Å². The molecule has 1 amide bonds. The van der Waals surface area contributed by atoms with Crippen LogP contribution in [0.25, 0.3) is 0 Å². The number of aliphatic hydroxyl groups excluding tert-OH is 1. The summed E-state index contributed by atoms with van der Waals surface area (Å²) in [7, 11) is 0. The predicted molar refractivity (Wildman–Crippen MR) is 124 cm³/mol. The Morgan fingerprint density at radius 1 is 1.13 bits per heavy atom. The molecule has 0 saturated carbocycles. The average molecular weight is 425 g/mol. The lowest BCUT2D eigenvalue weighted by Gasteiger charge is -2.37. The minimum atomic E-state index is -0.332. The molecule has 0 bridgehead atoms. The molecule has 1 heterocycles. The van der Waals surface area contributed by atoms with Gasteiger partial charge in [0.05, 0.1) is 6.10 Å². The van der Waals surface area contributed by atoms with E-state index in [4.69, 9.17) is 4.74 Å². The van der Waals surface area contributed by atoms with Crippen molar-refractivity contribution in [3.63, 3.8) is 0 Å². The van der Waals surface area contributed by atoms with Crippen LogP contribution < -0.4 is 10.1 Å². The highest BCUT2D eigenvalue weighted by Gasteiger charge is 2.28. The third-order valence-electron chi connectivity index (χ3n) is 6.08. The van der Waals surface area contributed by atoms with E-state index in [0.29, 0.717) is 19.0 Å². The molecule has 1 unspecified atom stereocenters. The summed E-state index contributed by atoms with van der Waals surface area (Å²) in [4.78, 5) is 13.8. The highest BCUT2D eigenvalue weighted by Crippen LogP contribution is 2.34. The van der Waals surface area contributed by atoms with Gasteiger partial charge in [0.1, 0.15) is 11.5 Å². The minimum absolute atomic E-state index is 0.0263. The van der Waals surface area contributed by atoms with E-state index in [1.807, 2.05) is 36.4 Å². The summed E-state index contributed by atoms with van der Waals surface area (Å²) in [6.07, 6.45) is 1.72. The Bertz CT molecular complexity index is 853. The second-order valence-electron chi connectivity index (χ2n) is 9.64. The highest BCUT2D eigenvalue weighted by molar-refractivity contribution is 5.72. The third-order valence-corrected chi connectivity index (χ3v) is 6.08. The van der Waals surface area contributed by atoms with Crippen LogP contribution in [0.3, 0.4) is 0 Å². The van der Waals surface area contributed by atoms with Crippen molar-refractivity contribution in [1.82, 2.24) is 10.2 Å². The molecule has 1 fully saturated rings. The second-order valence-corrected chi connectivity index (χ2v) is 9.64. The zero-order chi connectivity index (χ0) is 22.4. The number of piperidine rings is 1. The van der Waals surface area contributed by atoms with Gasteiger partial charge in [0.2, 0.25) is 5.91 Å². The second kappa shape index (κ2) is 10.3. The molecule has 5 nitrogen and oxygen atoms in total. The number of likely N-dealkylation sites (tertiary alicyclic amines) is 1. The molecule has 1 aliphatic rings. The van der Waals surface area contributed by atoms with Crippen LogP contribution in [0.4, 0.5) is 0 Å². The standard InChI is InChI=1S/C26H36N2O3/c1-19(29)27-17-21-10-11-23(31-22-8-6-5-7-9-22)16-24(21)20-12-14-28(15-13-20)18-25(30)26(2,3)4/h5-11,16,20,25,30H,12-15,17-18H2,1-4H3,(H,27,29). The zero-order valence-electron chi connectivity index (χ0n) is 19.2. The SMILES string of the molecule is CC(=O)NCc1ccc(Oc2ccccc2)cc1C1CCN(CC(O)C(C)(C)C)CC1. The fourth-order valence-electron chi connectivity index (χ4n) is 3.97. The molecule has 0 radical (unpaired) electrons. The number of aliphatic hydroxyl groups is 1. The normalized spacial score (nSPS) is 16.7. The van der Waals surface area contributed by atoms with Crippen LogP contribution in [0.1, 0.15) is 57.6 Å². The Morgan fingerprint density at radius 3 is 2.42 bits per heavy atom. The zero-order valence-corrected chi connectivity index (χ0v) is 19.2. The van der Waals surface area contributed by atoms with E-state index >= 15 is 0 Å². The molecule has 1 aliphatic heterocycles. The van der Waals surface area contributed by atoms with Crippen LogP contribution in [0.2, 0.25) is 0 Å². The lowest BCUT2D eigenvalue weighted by Crippen LogP contribution is -2.43. The molecule has 0 spiro atoms. The Balaban J connectivity index is 1.73. The number of amides is 1. The van der Waals surface area contributed by atoms with Crippen molar-refractivity contribution in [2.45, 2.75) is 59.1 Å². The van der Waals surface area contributed by atoms with Gasteiger partial charge in [0.15, 0.2) is 0 Å². The fraction of sp³-hybridized carbons (Fsp3) is 0.500. The number of ether oxygens (including phenoxy) is 1. The van der Waals surface area contributed by atoms with Crippen molar-refractivity contribution in [1.29, 1.82) is 0 Å². The molecule has 2 aromatic carbocycles. The number of hydrogen-bond donors (Lipinski definition) is 2. The van der Waals surface area contributed by atoms with Gasteiger partial charge in [0, 0.05) is 20.0 Å². The molecule has 2 aromatic rings. The van der Waals surface area contributed by atoms with Crippen LogP contribution in [0.5, 0.6) is 11.5 Å². The largest absolute Gasteiger partial charge is 0.457 e. The maximum absolute atomic E-state index is 11.5. The Hall–Kier alpha value is -2.37. The van der Waals surface area contributed by atoms with Crippen molar-refractivity contribution in [3.8, 4) is 11.5 Å². The number of carbonyl (C=O) groups is 1. The van der Waals surface area contributed by atoms with E-state index < -0.39 is 0 Å². The quantitative estimate of drug-likeness (QED) is 0.676. The maximum Gasteiger partial charge on any atom is 0.217 e. The first-order valence-corrected chi connectivity index (χ1v) is 11.2. The van der Waals surface area contributed by atoms with E-state index in [2.05, 4.69) is 43.1 Å². The van der Waals surface area contributed by atoms with E-state index in [9.17, 15) is 9.90 Å². The number of carbonyl (C=O) groups excluding carboxylic acids is 1. The lowest BCUT2D eigenvalue weighted by molar-refractivity contribution is -0.119. The lowest BCUT2D eigenvalue weighted by atomic mass is 9.85. The van der Waals surface area contributed by atoms with Gasteiger partial charge in [-0.1, -0.05) is 45.0 Å². The topological polar surface area (TPSA) is 61.8 Å². The van der Waals surface area contributed by atoms with Gasteiger partial charge in [-0.15, -0.1) is 0 Å². The number of benzene rings is 2. The fourth-order valence-corrected chi connectivity index (χ4v) is 3.97. The number of para-hydroxylation sites is 1. The van der Waals surface area contributed by atoms with Crippen LogP contribution in [-0.4, -0.2) is 41.7 Å².